The van der Waals surface area contributed by atoms with E-state index >= 15 is 0 Å². The van der Waals surface area contributed by atoms with Gasteiger partial charge >= 0.3 is 6.09 Å². The molecule has 240 valence electrons. The molecule has 1 aliphatic heterocycles. The van der Waals surface area contributed by atoms with Crippen molar-refractivity contribution in [1.82, 2.24) is 19.9 Å². The SMILES string of the molecule is Cc1ccc2c(NC(=O)c3ccccc3)cccc2c1Oc1ncccc1-c1ccnc(N[C@H]2CCCN(C(=O)OC(C)(C)C)C2)n1. The van der Waals surface area contributed by atoms with Crippen LogP contribution in [0.3, 0.4) is 0 Å². The molecule has 2 amide bonds. The average molecular weight is 631 g/mol. The number of pyridine rings is 1. The number of anilines is 2. The van der Waals surface area contributed by atoms with Crippen LogP contribution in [0.4, 0.5) is 16.4 Å². The molecule has 0 spiro atoms. The van der Waals surface area contributed by atoms with Gasteiger partial charge in [-0.25, -0.2) is 19.7 Å². The number of carbonyl (C=O) groups excluding carboxylic acids is 2. The fourth-order valence-corrected chi connectivity index (χ4v) is 5.58. The van der Waals surface area contributed by atoms with Crippen LogP contribution >= 0.6 is 0 Å². The van der Waals surface area contributed by atoms with E-state index in [4.69, 9.17) is 14.5 Å². The van der Waals surface area contributed by atoms with Gasteiger partial charge in [0, 0.05) is 53.5 Å². The van der Waals surface area contributed by atoms with Crippen LogP contribution in [-0.4, -0.2) is 56.6 Å². The molecule has 47 heavy (non-hydrogen) atoms. The van der Waals surface area contributed by atoms with Crippen molar-refractivity contribution in [2.45, 2.75) is 52.2 Å². The number of aromatic nitrogens is 3. The Morgan fingerprint density at radius 3 is 2.53 bits per heavy atom. The highest BCUT2D eigenvalue weighted by Crippen LogP contribution is 2.38. The summed E-state index contributed by atoms with van der Waals surface area (Å²) < 4.78 is 12.1. The Morgan fingerprint density at radius 1 is 0.894 bits per heavy atom. The maximum atomic E-state index is 13.0. The van der Waals surface area contributed by atoms with E-state index in [9.17, 15) is 9.59 Å². The van der Waals surface area contributed by atoms with Crippen LogP contribution in [0, 0.1) is 6.92 Å². The molecule has 0 bridgehead atoms. The van der Waals surface area contributed by atoms with Crippen LogP contribution in [0.1, 0.15) is 49.5 Å². The van der Waals surface area contributed by atoms with Gasteiger partial charge in [-0.15, -0.1) is 0 Å². The highest BCUT2D eigenvalue weighted by molar-refractivity contribution is 6.10. The molecule has 5 aromatic rings. The molecule has 2 aromatic heterocycles. The smallest absolute Gasteiger partial charge is 0.410 e. The van der Waals surface area contributed by atoms with E-state index in [1.54, 1.807) is 29.4 Å². The van der Waals surface area contributed by atoms with Crippen LogP contribution in [0.15, 0.2) is 91.3 Å². The van der Waals surface area contributed by atoms with Crippen molar-refractivity contribution < 1.29 is 19.1 Å². The van der Waals surface area contributed by atoms with Crippen molar-refractivity contribution in [2.75, 3.05) is 23.7 Å². The molecular weight excluding hydrogens is 592 g/mol. The number of hydrogen-bond donors (Lipinski definition) is 2. The number of hydrogen-bond acceptors (Lipinski definition) is 8. The Labute approximate surface area is 274 Å². The van der Waals surface area contributed by atoms with Gasteiger partial charge in [-0.05, 0) is 82.5 Å². The van der Waals surface area contributed by atoms with Gasteiger partial charge in [-0.3, -0.25) is 4.79 Å². The van der Waals surface area contributed by atoms with Crippen LogP contribution in [0.2, 0.25) is 0 Å². The minimum atomic E-state index is -0.552. The normalized spacial score (nSPS) is 14.8. The van der Waals surface area contributed by atoms with E-state index in [2.05, 4.69) is 20.6 Å². The number of ether oxygens (including phenoxy) is 2. The third-order valence-corrected chi connectivity index (χ3v) is 7.80. The first-order valence-corrected chi connectivity index (χ1v) is 15.7. The fourth-order valence-electron chi connectivity index (χ4n) is 5.58. The molecule has 0 aliphatic carbocycles. The predicted octanol–water partition coefficient (Wildman–Crippen LogP) is 7.86. The third-order valence-electron chi connectivity index (χ3n) is 7.80. The topological polar surface area (TPSA) is 119 Å². The Morgan fingerprint density at radius 2 is 1.72 bits per heavy atom. The second kappa shape index (κ2) is 13.5. The number of aryl methyl sites for hydroxylation is 1. The summed E-state index contributed by atoms with van der Waals surface area (Å²) in [7, 11) is 0. The van der Waals surface area contributed by atoms with Gasteiger partial charge in [0.25, 0.3) is 5.91 Å². The molecule has 2 N–H and O–H groups in total. The largest absolute Gasteiger partial charge is 0.444 e. The lowest BCUT2D eigenvalue weighted by atomic mass is 10.0. The summed E-state index contributed by atoms with van der Waals surface area (Å²) >= 11 is 0. The van der Waals surface area contributed by atoms with Gasteiger partial charge in [-0.2, -0.15) is 0 Å². The first-order valence-electron chi connectivity index (χ1n) is 15.7. The lowest BCUT2D eigenvalue weighted by Crippen LogP contribution is -2.47. The van der Waals surface area contributed by atoms with Gasteiger partial charge in [0.2, 0.25) is 11.8 Å². The van der Waals surface area contributed by atoms with Crippen LogP contribution in [0.5, 0.6) is 11.6 Å². The number of fused-ring (bicyclic) bond motifs is 1. The highest BCUT2D eigenvalue weighted by Gasteiger charge is 2.28. The summed E-state index contributed by atoms with van der Waals surface area (Å²) in [5, 5.41) is 8.13. The van der Waals surface area contributed by atoms with Gasteiger partial charge < -0.3 is 25.0 Å². The number of nitrogens with zero attached hydrogens (tertiary/aromatic N) is 4. The number of piperidine rings is 1. The summed E-state index contributed by atoms with van der Waals surface area (Å²) in [6.07, 6.45) is 4.78. The van der Waals surface area contributed by atoms with E-state index in [1.165, 1.54) is 0 Å². The molecule has 10 nitrogen and oxygen atoms in total. The van der Waals surface area contributed by atoms with Crippen molar-refractivity contribution in [3.8, 4) is 22.9 Å². The first-order chi connectivity index (χ1) is 22.6. The molecule has 1 atom stereocenters. The maximum absolute atomic E-state index is 13.0. The zero-order valence-corrected chi connectivity index (χ0v) is 27.0. The minimum absolute atomic E-state index is 0.0222. The Hall–Kier alpha value is -5.51. The number of nitrogens with one attached hydrogen (secondary N) is 2. The van der Waals surface area contributed by atoms with Crippen molar-refractivity contribution in [3.63, 3.8) is 0 Å². The van der Waals surface area contributed by atoms with Gasteiger partial charge in [0.1, 0.15) is 11.4 Å². The van der Waals surface area contributed by atoms with Crippen molar-refractivity contribution >= 4 is 34.4 Å². The van der Waals surface area contributed by atoms with E-state index in [1.807, 2.05) is 94.4 Å². The molecular formula is C37H38N6O4. The molecule has 10 heteroatoms. The minimum Gasteiger partial charge on any atom is -0.444 e. The number of benzene rings is 3. The van der Waals surface area contributed by atoms with E-state index in [0.717, 1.165) is 29.2 Å². The molecule has 1 saturated heterocycles. The molecule has 0 unspecified atom stereocenters. The number of rotatable bonds is 7. The second-order valence-corrected chi connectivity index (χ2v) is 12.6. The number of carbonyl (C=O) groups is 2. The quantitative estimate of drug-likeness (QED) is 0.187. The summed E-state index contributed by atoms with van der Waals surface area (Å²) in [6, 6.07) is 24.3. The maximum Gasteiger partial charge on any atom is 0.410 e. The number of likely N-dealkylation sites (tertiary alicyclic amines) is 1. The van der Waals surface area contributed by atoms with Crippen LogP contribution in [-0.2, 0) is 4.74 Å². The lowest BCUT2D eigenvalue weighted by molar-refractivity contribution is 0.0206. The summed E-state index contributed by atoms with van der Waals surface area (Å²) in [6.45, 7) is 8.73. The summed E-state index contributed by atoms with van der Waals surface area (Å²) in [5.41, 5.74) is 2.96. The van der Waals surface area contributed by atoms with Gasteiger partial charge in [0.15, 0.2) is 0 Å². The van der Waals surface area contributed by atoms with E-state index in [-0.39, 0.29) is 18.0 Å². The average Bonchev–Trinajstić information content (AvgIpc) is 3.06. The monoisotopic (exact) mass is 630 g/mol. The van der Waals surface area contributed by atoms with Gasteiger partial charge in [0.05, 0.1) is 11.3 Å². The summed E-state index contributed by atoms with van der Waals surface area (Å²) in [4.78, 5) is 41.2. The lowest BCUT2D eigenvalue weighted by Gasteiger charge is -2.34. The Bertz CT molecular complexity index is 1910. The van der Waals surface area contributed by atoms with Crippen molar-refractivity contribution in [2.24, 2.45) is 0 Å². The molecule has 1 fully saturated rings. The van der Waals surface area contributed by atoms with E-state index in [0.29, 0.717) is 53.2 Å². The van der Waals surface area contributed by atoms with Crippen molar-refractivity contribution in [3.05, 3.63) is 102 Å². The third kappa shape index (κ3) is 7.49. The van der Waals surface area contributed by atoms with Gasteiger partial charge in [-0.1, -0.05) is 42.5 Å². The number of amides is 2. The highest BCUT2D eigenvalue weighted by atomic mass is 16.6. The molecule has 0 saturated carbocycles. The standard InChI is InChI=1S/C37H38N6O4/c1-24-17-18-27-28(14-8-16-30(27)41-33(44)25-11-6-5-7-12-25)32(24)46-34-29(15-9-20-38-34)31-19-21-39-35(42-31)40-26-13-10-22-43(23-26)36(45)47-37(2,3)4/h5-9,11-12,14-21,26H,10,13,22-23H2,1-4H3,(H,41,44)(H,39,40,42)/t26-/m0/s1. The summed E-state index contributed by atoms with van der Waals surface area (Å²) in [5.74, 6) is 1.29. The van der Waals surface area contributed by atoms with Crippen molar-refractivity contribution in [1.29, 1.82) is 0 Å². The second-order valence-electron chi connectivity index (χ2n) is 12.6. The molecule has 3 aromatic carbocycles. The Balaban J connectivity index is 1.24. The molecule has 1 aliphatic rings. The Kier molecular flexibility index (Phi) is 9.01. The molecule has 3 heterocycles. The molecule has 0 radical (unpaired) electrons. The van der Waals surface area contributed by atoms with Crippen LogP contribution in [0.25, 0.3) is 22.0 Å². The zero-order chi connectivity index (χ0) is 33.0. The first kappa shape index (κ1) is 31.5. The van der Waals surface area contributed by atoms with E-state index < -0.39 is 5.60 Å². The van der Waals surface area contributed by atoms with Crippen LogP contribution < -0.4 is 15.4 Å². The predicted molar refractivity (Wildman–Crippen MR) is 183 cm³/mol. The molecule has 6 rings (SSSR count). The zero-order valence-electron chi connectivity index (χ0n) is 27.0. The fraction of sp³-hybridized carbons (Fsp3) is 0.270.